The van der Waals surface area contributed by atoms with Gasteiger partial charge in [0.25, 0.3) is 0 Å². The van der Waals surface area contributed by atoms with Crippen molar-refractivity contribution in [3.63, 3.8) is 0 Å². The van der Waals surface area contributed by atoms with E-state index in [4.69, 9.17) is 5.73 Å². The fourth-order valence-corrected chi connectivity index (χ4v) is 0.406. The van der Waals surface area contributed by atoms with Gasteiger partial charge in [-0.05, 0) is 34.7 Å². The zero-order valence-electron chi connectivity index (χ0n) is 7.43. The molecule has 10 heavy (non-hydrogen) atoms. The maximum Gasteiger partial charge on any atom is 0.0269 e. The van der Waals surface area contributed by atoms with Crippen molar-refractivity contribution in [1.82, 2.24) is 5.06 Å². The predicted octanol–water partition coefficient (Wildman–Crippen LogP) is 0.932. The Bertz CT molecular complexity index is 113. The van der Waals surface area contributed by atoms with Crippen LogP contribution >= 0.6 is 0 Å². The lowest BCUT2D eigenvalue weighted by molar-refractivity contribution is 0.132. The quantitative estimate of drug-likeness (QED) is 0.588. The Balaban J connectivity index is 4.40. The maximum atomic E-state index is 10.9. The molecule has 3 nitrogen and oxygen atoms in total. The third-order valence-electron chi connectivity index (χ3n) is 2.36. The standard InChI is InChI=1S/C7H17N2O/c1-6(2,8)7(3,4)9(5)10/h8H2,1-5H3/q-1. The molecule has 0 unspecified atom stereocenters. The van der Waals surface area contributed by atoms with E-state index in [0.29, 0.717) is 0 Å². The van der Waals surface area contributed by atoms with E-state index in [9.17, 15) is 5.21 Å². The van der Waals surface area contributed by atoms with Crippen LogP contribution in [0.2, 0.25) is 0 Å². The average Bonchev–Trinajstić information content (AvgIpc) is 1.62. The molecule has 0 radical (unpaired) electrons. The normalized spacial score (nSPS) is 14.4. The van der Waals surface area contributed by atoms with E-state index in [-0.39, 0.29) is 0 Å². The molecule has 0 fully saturated rings. The van der Waals surface area contributed by atoms with Gasteiger partial charge in [-0.3, -0.25) is 0 Å². The number of hydroxylamine groups is 2. The molecule has 0 heterocycles. The molecule has 0 amide bonds. The van der Waals surface area contributed by atoms with Crippen molar-refractivity contribution in [3.05, 3.63) is 5.21 Å². The van der Waals surface area contributed by atoms with Crippen molar-refractivity contribution in [1.29, 1.82) is 0 Å². The number of rotatable bonds is 2. The highest BCUT2D eigenvalue weighted by molar-refractivity contribution is 4.98. The van der Waals surface area contributed by atoms with Gasteiger partial charge in [0, 0.05) is 11.1 Å². The van der Waals surface area contributed by atoms with E-state index >= 15 is 0 Å². The van der Waals surface area contributed by atoms with Crippen LogP contribution in [0.25, 0.3) is 0 Å². The van der Waals surface area contributed by atoms with E-state index in [2.05, 4.69) is 0 Å². The van der Waals surface area contributed by atoms with Gasteiger partial charge >= 0.3 is 0 Å². The minimum atomic E-state index is -0.507. The third-order valence-corrected chi connectivity index (χ3v) is 2.36. The van der Waals surface area contributed by atoms with E-state index in [1.54, 1.807) is 0 Å². The Morgan fingerprint density at radius 3 is 1.50 bits per heavy atom. The minimum Gasteiger partial charge on any atom is -0.785 e. The lowest BCUT2D eigenvalue weighted by atomic mass is 9.83. The molecule has 0 aromatic rings. The zero-order chi connectivity index (χ0) is 8.58. The zero-order valence-corrected chi connectivity index (χ0v) is 7.43. The summed E-state index contributed by atoms with van der Waals surface area (Å²) in [5.41, 5.74) is 4.80. The summed E-state index contributed by atoms with van der Waals surface area (Å²) in [4.78, 5) is 0. The van der Waals surface area contributed by atoms with Crippen molar-refractivity contribution in [2.24, 2.45) is 5.73 Å². The molecule has 0 aromatic carbocycles. The molecule has 0 aliphatic heterocycles. The molecule has 0 saturated heterocycles. The third kappa shape index (κ3) is 1.68. The first-order valence-electron chi connectivity index (χ1n) is 3.39. The fraction of sp³-hybridized carbons (Fsp3) is 1.00. The molecule has 0 aliphatic rings. The highest BCUT2D eigenvalue weighted by Gasteiger charge is 2.32. The second kappa shape index (κ2) is 2.49. The number of hydrogen-bond acceptors (Lipinski definition) is 3. The number of nitrogens with zero attached hydrogens (tertiary/aromatic N) is 1. The van der Waals surface area contributed by atoms with Crippen LogP contribution in [0, 0.1) is 5.21 Å². The summed E-state index contributed by atoms with van der Waals surface area (Å²) < 4.78 is 0. The fourth-order valence-electron chi connectivity index (χ4n) is 0.406. The number of likely N-dealkylation sites (N-methyl/N-ethyl adjacent to an activating group) is 1. The molecule has 62 valence electrons. The molecule has 0 saturated carbocycles. The largest absolute Gasteiger partial charge is 0.785 e. The SMILES string of the molecule is CN([O-])C(C)(C)C(C)(C)N. The highest BCUT2D eigenvalue weighted by atomic mass is 16.5. The predicted molar refractivity (Wildman–Crippen MR) is 43.5 cm³/mol. The van der Waals surface area contributed by atoms with Gasteiger partial charge in [0.2, 0.25) is 0 Å². The Kier molecular flexibility index (Phi) is 2.46. The second-order valence-electron chi connectivity index (χ2n) is 3.78. The minimum absolute atomic E-state index is 0.469. The topological polar surface area (TPSA) is 52.3 Å². The van der Waals surface area contributed by atoms with Gasteiger partial charge in [-0.2, -0.15) is 0 Å². The highest BCUT2D eigenvalue weighted by Crippen LogP contribution is 2.23. The summed E-state index contributed by atoms with van der Waals surface area (Å²) in [5, 5.41) is 11.8. The summed E-state index contributed by atoms with van der Waals surface area (Å²) >= 11 is 0. The van der Waals surface area contributed by atoms with E-state index < -0.39 is 11.1 Å². The number of nitrogens with two attached hydrogens (primary N) is 1. The van der Waals surface area contributed by atoms with Crippen LogP contribution in [0.15, 0.2) is 0 Å². The van der Waals surface area contributed by atoms with Gasteiger partial charge in [0.05, 0.1) is 0 Å². The molecular formula is C7H17N2O-. The first-order valence-corrected chi connectivity index (χ1v) is 3.39. The molecule has 0 bridgehead atoms. The van der Waals surface area contributed by atoms with E-state index in [0.717, 1.165) is 5.06 Å². The van der Waals surface area contributed by atoms with Gasteiger partial charge in [-0.1, -0.05) is 0 Å². The van der Waals surface area contributed by atoms with Crippen molar-refractivity contribution in [2.75, 3.05) is 7.05 Å². The Hall–Kier alpha value is -0.120. The van der Waals surface area contributed by atoms with Gasteiger partial charge in [-0.25, -0.2) is 0 Å². The summed E-state index contributed by atoms with van der Waals surface area (Å²) in [5.74, 6) is 0. The van der Waals surface area contributed by atoms with Crippen LogP contribution in [0.1, 0.15) is 27.7 Å². The Morgan fingerprint density at radius 2 is 1.50 bits per heavy atom. The summed E-state index contributed by atoms with van der Waals surface area (Å²) in [7, 11) is 1.49. The van der Waals surface area contributed by atoms with Crippen LogP contribution in [0.5, 0.6) is 0 Å². The number of hydrogen-bond donors (Lipinski definition) is 1. The molecule has 0 rings (SSSR count). The van der Waals surface area contributed by atoms with Crippen LogP contribution in [0.3, 0.4) is 0 Å². The van der Waals surface area contributed by atoms with Gasteiger partial charge in [0.1, 0.15) is 0 Å². The maximum absolute atomic E-state index is 10.9. The lowest BCUT2D eigenvalue weighted by Crippen LogP contribution is -2.59. The molecule has 3 heteroatoms. The molecule has 0 aliphatic carbocycles. The van der Waals surface area contributed by atoms with Crippen LogP contribution in [0.4, 0.5) is 0 Å². The van der Waals surface area contributed by atoms with Crippen molar-refractivity contribution < 1.29 is 0 Å². The van der Waals surface area contributed by atoms with E-state index in [1.165, 1.54) is 7.05 Å². The Morgan fingerprint density at radius 1 is 1.20 bits per heavy atom. The smallest absolute Gasteiger partial charge is 0.0269 e. The molecule has 0 atom stereocenters. The van der Waals surface area contributed by atoms with Crippen LogP contribution < -0.4 is 5.73 Å². The van der Waals surface area contributed by atoms with Gasteiger partial charge in [0.15, 0.2) is 0 Å². The van der Waals surface area contributed by atoms with Gasteiger partial charge < -0.3 is 16.0 Å². The summed E-state index contributed by atoms with van der Waals surface area (Å²) in [6, 6.07) is 0. The van der Waals surface area contributed by atoms with Crippen LogP contribution in [-0.2, 0) is 0 Å². The van der Waals surface area contributed by atoms with Crippen LogP contribution in [-0.4, -0.2) is 23.2 Å². The lowest BCUT2D eigenvalue weighted by Gasteiger charge is -2.49. The molecule has 2 N–H and O–H groups in total. The van der Waals surface area contributed by atoms with E-state index in [1.807, 2.05) is 27.7 Å². The first-order chi connectivity index (χ1) is 4.19. The second-order valence-corrected chi connectivity index (χ2v) is 3.78. The summed E-state index contributed by atoms with van der Waals surface area (Å²) in [6.07, 6.45) is 0. The Labute approximate surface area is 62.8 Å². The molecule has 0 spiro atoms. The molecule has 0 aromatic heterocycles. The molecular weight excluding hydrogens is 128 g/mol. The van der Waals surface area contributed by atoms with Crippen molar-refractivity contribution in [2.45, 2.75) is 38.8 Å². The summed E-state index contributed by atoms with van der Waals surface area (Å²) in [6.45, 7) is 7.36. The average molecular weight is 145 g/mol. The van der Waals surface area contributed by atoms with Gasteiger partial charge in [-0.15, -0.1) is 0 Å². The monoisotopic (exact) mass is 145 g/mol. The van der Waals surface area contributed by atoms with Crippen molar-refractivity contribution in [3.8, 4) is 0 Å². The first kappa shape index (κ1) is 9.88. The van der Waals surface area contributed by atoms with Crippen molar-refractivity contribution >= 4 is 0 Å².